The van der Waals surface area contributed by atoms with Crippen LogP contribution in [0.15, 0.2) is 48.8 Å². The van der Waals surface area contributed by atoms with E-state index in [0.29, 0.717) is 13.2 Å². The van der Waals surface area contributed by atoms with Crippen molar-refractivity contribution in [2.24, 2.45) is 5.41 Å². The lowest BCUT2D eigenvalue weighted by Crippen LogP contribution is -2.42. The van der Waals surface area contributed by atoms with Crippen LogP contribution in [0.25, 0.3) is 0 Å². The number of hydrogen-bond donors (Lipinski definition) is 1. The van der Waals surface area contributed by atoms with Crippen molar-refractivity contribution in [2.45, 2.75) is 32.3 Å². The molecule has 1 N–H and O–H groups in total. The Morgan fingerprint density at radius 2 is 2.04 bits per heavy atom. The molecule has 0 spiro atoms. The zero-order valence-corrected chi connectivity index (χ0v) is 14.5. The zero-order valence-electron chi connectivity index (χ0n) is 14.5. The summed E-state index contributed by atoms with van der Waals surface area (Å²) in [6.45, 7) is 1.08. The number of rotatable bonds is 8. The van der Waals surface area contributed by atoms with Gasteiger partial charge in [-0.05, 0) is 49.1 Å². The minimum absolute atomic E-state index is 0.0853. The summed E-state index contributed by atoms with van der Waals surface area (Å²) in [6.07, 6.45) is 7.22. The molecular formula is C20H24N2O3. The first-order valence-electron chi connectivity index (χ1n) is 8.64. The quantitative estimate of drug-likeness (QED) is 0.794. The molecule has 2 aromatic rings. The van der Waals surface area contributed by atoms with E-state index < -0.39 is 0 Å². The van der Waals surface area contributed by atoms with Gasteiger partial charge in [0.25, 0.3) is 0 Å². The third-order valence-electron chi connectivity index (χ3n) is 4.82. The van der Waals surface area contributed by atoms with Crippen molar-refractivity contribution in [3.8, 4) is 5.75 Å². The second-order valence-electron chi connectivity index (χ2n) is 6.50. The lowest BCUT2D eigenvalue weighted by atomic mass is 9.66. The average Bonchev–Trinajstić information content (AvgIpc) is 2.60. The molecule has 0 aliphatic heterocycles. The third kappa shape index (κ3) is 4.37. The summed E-state index contributed by atoms with van der Waals surface area (Å²) in [5, 5.41) is 3.05. The number of anilines is 1. The maximum Gasteiger partial charge on any atom is 0.230 e. The average molecular weight is 340 g/mol. The van der Waals surface area contributed by atoms with E-state index in [1.54, 1.807) is 19.5 Å². The monoisotopic (exact) mass is 340 g/mol. The van der Waals surface area contributed by atoms with Crippen molar-refractivity contribution in [3.05, 3.63) is 54.4 Å². The highest BCUT2D eigenvalue weighted by Crippen LogP contribution is 2.44. The molecular weight excluding hydrogens is 316 g/mol. The molecule has 0 saturated heterocycles. The number of nitrogens with one attached hydrogen (secondary N) is 1. The highest BCUT2D eigenvalue weighted by Gasteiger charge is 2.43. The van der Waals surface area contributed by atoms with E-state index in [1.807, 2.05) is 36.4 Å². The molecule has 0 bridgehead atoms. The lowest BCUT2D eigenvalue weighted by molar-refractivity contribution is -0.131. The van der Waals surface area contributed by atoms with E-state index in [9.17, 15) is 4.79 Å². The van der Waals surface area contributed by atoms with Crippen LogP contribution in [0.4, 0.5) is 5.69 Å². The minimum atomic E-state index is -0.274. The molecule has 5 nitrogen and oxygen atoms in total. The number of benzene rings is 1. The van der Waals surface area contributed by atoms with Crippen LogP contribution in [0.2, 0.25) is 0 Å². The molecule has 0 unspecified atom stereocenters. The first kappa shape index (κ1) is 17.4. The van der Waals surface area contributed by atoms with Gasteiger partial charge in [-0.15, -0.1) is 0 Å². The molecule has 1 amide bonds. The Kier molecular flexibility index (Phi) is 5.66. The summed E-state index contributed by atoms with van der Waals surface area (Å²) in [6, 6.07) is 11.4. The molecule has 3 rings (SSSR count). The van der Waals surface area contributed by atoms with Gasteiger partial charge in [-0.25, -0.2) is 0 Å². The van der Waals surface area contributed by atoms with Gasteiger partial charge in [-0.1, -0.05) is 12.5 Å². The first-order valence-corrected chi connectivity index (χ1v) is 8.64. The van der Waals surface area contributed by atoms with Crippen LogP contribution in [-0.4, -0.2) is 24.6 Å². The maximum absolute atomic E-state index is 12.7. The van der Waals surface area contributed by atoms with Gasteiger partial charge in [0.15, 0.2) is 0 Å². The van der Waals surface area contributed by atoms with Crippen LogP contribution in [0.5, 0.6) is 5.75 Å². The second-order valence-corrected chi connectivity index (χ2v) is 6.50. The fraction of sp³-hybridized carbons (Fsp3) is 0.400. The molecule has 1 aliphatic rings. The number of methoxy groups -OCH3 is 1. The molecule has 132 valence electrons. The molecule has 1 aliphatic carbocycles. The van der Waals surface area contributed by atoms with Crippen molar-refractivity contribution in [1.82, 2.24) is 4.98 Å². The van der Waals surface area contributed by atoms with E-state index in [1.165, 1.54) is 0 Å². The smallest absolute Gasteiger partial charge is 0.230 e. The van der Waals surface area contributed by atoms with Gasteiger partial charge < -0.3 is 14.8 Å². The van der Waals surface area contributed by atoms with Crippen LogP contribution in [0.3, 0.4) is 0 Å². The number of carbonyl (C=O) groups is 1. The van der Waals surface area contributed by atoms with E-state index in [-0.39, 0.29) is 11.3 Å². The summed E-state index contributed by atoms with van der Waals surface area (Å²) in [7, 11) is 1.67. The summed E-state index contributed by atoms with van der Waals surface area (Å²) >= 11 is 0. The summed E-state index contributed by atoms with van der Waals surface area (Å²) in [5.41, 5.74) is 1.54. The fourth-order valence-electron chi connectivity index (χ4n) is 3.06. The SMILES string of the molecule is COCCC1(C(=O)Nc2cccc(OCc3ccncc3)c2)CCC1. The van der Waals surface area contributed by atoms with Gasteiger partial charge in [0.2, 0.25) is 5.91 Å². The van der Waals surface area contributed by atoms with Gasteiger partial charge >= 0.3 is 0 Å². The number of pyridine rings is 1. The summed E-state index contributed by atoms with van der Waals surface area (Å²) in [5.74, 6) is 0.816. The van der Waals surface area contributed by atoms with Gasteiger partial charge in [0.1, 0.15) is 12.4 Å². The molecule has 25 heavy (non-hydrogen) atoms. The number of carbonyl (C=O) groups excluding carboxylic acids is 1. The Hall–Kier alpha value is -2.40. The number of ether oxygens (including phenoxy) is 2. The predicted molar refractivity (Wildman–Crippen MR) is 96.4 cm³/mol. The van der Waals surface area contributed by atoms with Crippen LogP contribution in [-0.2, 0) is 16.1 Å². The van der Waals surface area contributed by atoms with Crippen LogP contribution < -0.4 is 10.1 Å². The predicted octanol–water partition coefficient (Wildman–Crippen LogP) is 3.81. The number of aromatic nitrogens is 1. The van der Waals surface area contributed by atoms with E-state index in [4.69, 9.17) is 9.47 Å². The number of amides is 1. The number of hydrogen-bond acceptors (Lipinski definition) is 4. The van der Waals surface area contributed by atoms with Gasteiger partial charge in [0, 0.05) is 37.9 Å². The second kappa shape index (κ2) is 8.12. The molecule has 1 aromatic carbocycles. The van der Waals surface area contributed by atoms with Crippen LogP contribution in [0, 0.1) is 5.41 Å². The van der Waals surface area contributed by atoms with E-state index in [0.717, 1.165) is 42.7 Å². The van der Waals surface area contributed by atoms with Crippen molar-refractivity contribution < 1.29 is 14.3 Å². The Balaban J connectivity index is 1.60. The highest BCUT2D eigenvalue weighted by molar-refractivity contribution is 5.96. The third-order valence-corrected chi connectivity index (χ3v) is 4.82. The van der Waals surface area contributed by atoms with Crippen LogP contribution >= 0.6 is 0 Å². The zero-order chi connectivity index (χ0) is 17.5. The maximum atomic E-state index is 12.7. The molecule has 1 fully saturated rings. The van der Waals surface area contributed by atoms with Crippen molar-refractivity contribution in [2.75, 3.05) is 19.0 Å². The Labute approximate surface area is 148 Å². The summed E-state index contributed by atoms with van der Waals surface area (Å²) in [4.78, 5) is 16.7. The molecule has 0 radical (unpaired) electrons. The topological polar surface area (TPSA) is 60.5 Å². The lowest BCUT2D eigenvalue weighted by Gasteiger charge is -2.40. The molecule has 5 heteroatoms. The van der Waals surface area contributed by atoms with E-state index >= 15 is 0 Å². The first-order chi connectivity index (χ1) is 12.2. The van der Waals surface area contributed by atoms with Gasteiger partial charge in [0.05, 0.1) is 5.41 Å². The Bertz CT molecular complexity index is 699. The van der Waals surface area contributed by atoms with Crippen molar-refractivity contribution in [1.29, 1.82) is 0 Å². The van der Waals surface area contributed by atoms with Crippen LogP contribution in [0.1, 0.15) is 31.2 Å². The minimum Gasteiger partial charge on any atom is -0.489 e. The molecule has 1 aromatic heterocycles. The fourth-order valence-corrected chi connectivity index (χ4v) is 3.06. The highest BCUT2D eigenvalue weighted by atomic mass is 16.5. The molecule has 1 heterocycles. The normalized spacial score (nSPS) is 15.2. The standard InChI is InChI=1S/C20H24N2O3/c1-24-13-10-20(8-3-9-20)19(23)22-17-4-2-5-18(14-17)25-15-16-6-11-21-12-7-16/h2,4-7,11-12,14H,3,8-10,13,15H2,1H3,(H,22,23). The molecule has 0 atom stereocenters. The summed E-state index contributed by atoms with van der Waals surface area (Å²) < 4.78 is 11.0. The van der Waals surface area contributed by atoms with Gasteiger partial charge in [-0.2, -0.15) is 0 Å². The Morgan fingerprint density at radius 3 is 2.72 bits per heavy atom. The Morgan fingerprint density at radius 1 is 1.24 bits per heavy atom. The number of nitrogens with zero attached hydrogens (tertiary/aromatic N) is 1. The van der Waals surface area contributed by atoms with Crippen molar-refractivity contribution >= 4 is 11.6 Å². The largest absolute Gasteiger partial charge is 0.489 e. The van der Waals surface area contributed by atoms with Gasteiger partial charge in [-0.3, -0.25) is 9.78 Å². The molecule has 1 saturated carbocycles. The van der Waals surface area contributed by atoms with E-state index in [2.05, 4.69) is 10.3 Å². The van der Waals surface area contributed by atoms with Crippen molar-refractivity contribution in [3.63, 3.8) is 0 Å².